The molecule has 0 aliphatic rings. The lowest BCUT2D eigenvalue weighted by Gasteiger charge is -2.20. The Hall–Kier alpha value is -3.35. The Morgan fingerprint density at radius 3 is 2.46 bits per heavy atom. The number of fused-ring (bicyclic) bond motifs is 1. The molecule has 0 saturated heterocycles. The summed E-state index contributed by atoms with van der Waals surface area (Å²) in [6.45, 7) is 3.31. The van der Waals surface area contributed by atoms with Crippen LogP contribution in [0.2, 0.25) is 0 Å². The van der Waals surface area contributed by atoms with E-state index in [0.717, 1.165) is 16.6 Å². The maximum atomic E-state index is 12.6. The first kappa shape index (κ1) is 19.4. The minimum absolute atomic E-state index is 0.122. The van der Waals surface area contributed by atoms with E-state index in [1.54, 1.807) is 19.2 Å². The molecule has 0 aliphatic heterocycles. The maximum Gasteiger partial charge on any atom is 0.222 e. The molecule has 2 aromatic carbocycles. The second kappa shape index (κ2) is 8.56. The van der Waals surface area contributed by atoms with Gasteiger partial charge < -0.3 is 20.4 Å². The topological polar surface area (TPSA) is 96.1 Å². The van der Waals surface area contributed by atoms with E-state index in [1.807, 2.05) is 43.3 Å². The van der Waals surface area contributed by atoms with Crippen LogP contribution < -0.4 is 15.4 Å². The number of ether oxygens (including phenoxy) is 1. The first-order valence-corrected chi connectivity index (χ1v) is 9.11. The number of amides is 2. The van der Waals surface area contributed by atoms with E-state index < -0.39 is 6.04 Å². The Kier molecular flexibility index (Phi) is 5.93. The highest BCUT2D eigenvalue weighted by Gasteiger charge is 2.20. The summed E-state index contributed by atoms with van der Waals surface area (Å²) in [5.41, 5.74) is 2.61. The lowest BCUT2D eigenvalue weighted by atomic mass is 10.0. The van der Waals surface area contributed by atoms with Crippen molar-refractivity contribution in [1.82, 2.24) is 20.6 Å². The molecule has 7 heteroatoms. The third kappa shape index (κ3) is 4.68. The van der Waals surface area contributed by atoms with E-state index in [-0.39, 0.29) is 24.3 Å². The smallest absolute Gasteiger partial charge is 0.222 e. The van der Waals surface area contributed by atoms with Crippen LogP contribution in [0.3, 0.4) is 0 Å². The van der Waals surface area contributed by atoms with Gasteiger partial charge in [0.1, 0.15) is 11.6 Å². The van der Waals surface area contributed by atoms with Crippen molar-refractivity contribution in [2.75, 3.05) is 7.11 Å². The summed E-state index contributed by atoms with van der Waals surface area (Å²) in [4.78, 5) is 31.9. The van der Waals surface area contributed by atoms with Gasteiger partial charge in [-0.25, -0.2) is 4.98 Å². The van der Waals surface area contributed by atoms with Crippen LogP contribution in [0.5, 0.6) is 5.75 Å². The Bertz CT molecular complexity index is 932. The lowest BCUT2D eigenvalue weighted by molar-refractivity contribution is -0.123. The molecule has 0 unspecified atom stereocenters. The van der Waals surface area contributed by atoms with Gasteiger partial charge in [-0.3, -0.25) is 9.59 Å². The number of nitrogens with one attached hydrogen (secondary N) is 3. The third-order valence-corrected chi connectivity index (χ3v) is 4.48. The monoisotopic (exact) mass is 380 g/mol. The summed E-state index contributed by atoms with van der Waals surface area (Å²) in [6, 6.07) is 14.3. The fourth-order valence-electron chi connectivity index (χ4n) is 3.07. The lowest BCUT2D eigenvalue weighted by Crippen LogP contribution is -2.34. The van der Waals surface area contributed by atoms with Gasteiger partial charge >= 0.3 is 0 Å². The summed E-state index contributed by atoms with van der Waals surface area (Å²) in [5.74, 6) is 1.03. The van der Waals surface area contributed by atoms with Crippen molar-refractivity contribution in [3.05, 3.63) is 59.9 Å². The number of H-pyrrole nitrogens is 1. The first-order valence-electron chi connectivity index (χ1n) is 9.11. The summed E-state index contributed by atoms with van der Waals surface area (Å²) >= 11 is 0. The summed E-state index contributed by atoms with van der Waals surface area (Å²) in [5, 5.41) is 5.78. The third-order valence-electron chi connectivity index (χ3n) is 4.48. The molecule has 1 heterocycles. The van der Waals surface area contributed by atoms with Crippen molar-refractivity contribution in [1.29, 1.82) is 0 Å². The predicted molar refractivity (Wildman–Crippen MR) is 107 cm³/mol. The number of hydrogen-bond acceptors (Lipinski definition) is 4. The molecule has 3 aromatic rings. The molecule has 0 radical (unpaired) electrons. The number of rotatable bonds is 7. The van der Waals surface area contributed by atoms with E-state index in [2.05, 4.69) is 20.6 Å². The standard InChI is InChI=1S/C21H24N4O3/c1-13(21-24-17-6-4-5-7-18(17)25-21)22-20(27)12-19(23-14(2)26)15-8-10-16(28-3)11-9-15/h4-11,13,19H,12H2,1-3H3,(H,22,27)(H,23,26)(H,24,25)/t13-,19+/m0/s1. The van der Waals surface area contributed by atoms with Gasteiger partial charge in [0.15, 0.2) is 0 Å². The molecule has 146 valence electrons. The minimum atomic E-state index is -0.425. The molecule has 1 aromatic heterocycles. The highest BCUT2D eigenvalue weighted by Crippen LogP contribution is 2.21. The second-order valence-electron chi connectivity index (χ2n) is 6.66. The van der Waals surface area contributed by atoms with Crippen LogP contribution in [-0.2, 0) is 9.59 Å². The highest BCUT2D eigenvalue weighted by molar-refractivity contribution is 5.80. The van der Waals surface area contributed by atoms with Gasteiger partial charge in [-0.2, -0.15) is 0 Å². The Morgan fingerprint density at radius 2 is 1.82 bits per heavy atom. The normalized spacial score (nSPS) is 13.0. The van der Waals surface area contributed by atoms with Crippen molar-refractivity contribution in [2.45, 2.75) is 32.4 Å². The molecule has 3 N–H and O–H groups in total. The molecular formula is C21H24N4O3. The Morgan fingerprint density at radius 1 is 1.11 bits per heavy atom. The van der Waals surface area contributed by atoms with Crippen molar-refractivity contribution in [3.63, 3.8) is 0 Å². The van der Waals surface area contributed by atoms with Crippen LogP contribution >= 0.6 is 0 Å². The molecule has 7 nitrogen and oxygen atoms in total. The number of methoxy groups -OCH3 is 1. The van der Waals surface area contributed by atoms with E-state index in [1.165, 1.54) is 6.92 Å². The fraction of sp³-hybridized carbons (Fsp3) is 0.286. The van der Waals surface area contributed by atoms with E-state index in [9.17, 15) is 9.59 Å². The molecule has 2 amide bonds. The van der Waals surface area contributed by atoms with Gasteiger partial charge in [0.05, 0.1) is 36.6 Å². The number of aromatic amines is 1. The molecule has 0 bridgehead atoms. The SMILES string of the molecule is COc1ccc([C@@H](CC(=O)N[C@@H](C)c2nc3ccccc3[nH]2)NC(C)=O)cc1. The van der Waals surface area contributed by atoms with E-state index in [4.69, 9.17) is 4.74 Å². The summed E-state index contributed by atoms with van der Waals surface area (Å²) < 4.78 is 5.16. The number of imidazole rings is 1. The van der Waals surface area contributed by atoms with E-state index in [0.29, 0.717) is 11.6 Å². The number of hydrogen-bond donors (Lipinski definition) is 3. The second-order valence-corrected chi connectivity index (χ2v) is 6.66. The number of benzene rings is 2. The number of carbonyl (C=O) groups is 2. The minimum Gasteiger partial charge on any atom is -0.497 e. The van der Waals surface area contributed by atoms with Crippen LogP contribution in [0.4, 0.5) is 0 Å². The zero-order chi connectivity index (χ0) is 20.1. The number of carbonyl (C=O) groups excluding carboxylic acids is 2. The Balaban J connectivity index is 1.69. The van der Waals surface area contributed by atoms with Gasteiger partial charge in [0, 0.05) is 6.92 Å². The first-order chi connectivity index (χ1) is 13.5. The average Bonchev–Trinajstić information content (AvgIpc) is 3.11. The van der Waals surface area contributed by atoms with Crippen LogP contribution in [0.1, 0.15) is 43.7 Å². The van der Waals surface area contributed by atoms with Crippen LogP contribution in [0.15, 0.2) is 48.5 Å². The van der Waals surface area contributed by atoms with Crippen molar-refractivity contribution in [2.24, 2.45) is 0 Å². The van der Waals surface area contributed by atoms with Crippen molar-refractivity contribution in [3.8, 4) is 5.75 Å². The average molecular weight is 380 g/mol. The van der Waals surface area contributed by atoms with Gasteiger partial charge in [0.25, 0.3) is 0 Å². The molecule has 0 fully saturated rings. The fourth-order valence-corrected chi connectivity index (χ4v) is 3.07. The number of aromatic nitrogens is 2. The molecule has 3 rings (SSSR count). The van der Waals surface area contributed by atoms with Crippen LogP contribution in [0.25, 0.3) is 11.0 Å². The summed E-state index contributed by atoms with van der Waals surface area (Å²) in [7, 11) is 1.59. The van der Waals surface area contributed by atoms with Crippen LogP contribution in [-0.4, -0.2) is 28.9 Å². The molecule has 0 spiro atoms. The number of nitrogens with zero attached hydrogens (tertiary/aromatic N) is 1. The largest absolute Gasteiger partial charge is 0.497 e. The molecule has 2 atom stereocenters. The zero-order valence-electron chi connectivity index (χ0n) is 16.2. The van der Waals surface area contributed by atoms with Crippen molar-refractivity contribution < 1.29 is 14.3 Å². The molecule has 28 heavy (non-hydrogen) atoms. The van der Waals surface area contributed by atoms with Gasteiger partial charge in [-0.1, -0.05) is 24.3 Å². The van der Waals surface area contributed by atoms with Crippen molar-refractivity contribution >= 4 is 22.8 Å². The molecule has 0 saturated carbocycles. The predicted octanol–water partition coefficient (Wildman–Crippen LogP) is 3.02. The number of para-hydroxylation sites is 2. The Labute approximate surface area is 163 Å². The van der Waals surface area contributed by atoms with Gasteiger partial charge in [-0.15, -0.1) is 0 Å². The van der Waals surface area contributed by atoms with Gasteiger partial charge in [0.2, 0.25) is 11.8 Å². The quantitative estimate of drug-likeness (QED) is 0.587. The molecular weight excluding hydrogens is 356 g/mol. The zero-order valence-corrected chi connectivity index (χ0v) is 16.2. The highest BCUT2D eigenvalue weighted by atomic mass is 16.5. The maximum absolute atomic E-state index is 12.6. The van der Waals surface area contributed by atoms with E-state index >= 15 is 0 Å². The van der Waals surface area contributed by atoms with Gasteiger partial charge in [-0.05, 0) is 36.8 Å². The molecule has 0 aliphatic carbocycles. The summed E-state index contributed by atoms with van der Waals surface area (Å²) in [6.07, 6.45) is 0.122. The van der Waals surface area contributed by atoms with Crippen LogP contribution in [0, 0.1) is 0 Å².